The standard InChI is InChI=1S/C24H26N4O3S/c25-15-19(27-23(30)20-3-1-2-10-26-20)13-16-4-6-17(7-5-16)18-8-9-22-21(14-18)28(11-12-29)24(31)32-22/h4-9,14,19-20,26,29H,1-3,10-13H2,(H,27,30)/t19-,20?/m0/s1. The van der Waals surface area contributed by atoms with Crippen LogP contribution in [0.4, 0.5) is 0 Å². The fraction of sp³-hybridized carbons (Fsp3) is 0.375. The number of rotatable bonds is 7. The van der Waals surface area contributed by atoms with Crippen LogP contribution in [0.1, 0.15) is 24.8 Å². The summed E-state index contributed by atoms with van der Waals surface area (Å²) in [6.45, 7) is 1.03. The summed E-state index contributed by atoms with van der Waals surface area (Å²) < 4.78 is 2.49. The molecule has 166 valence electrons. The van der Waals surface area contributed by atoms with Crippen molar-refractivity contribution in [2.45, 2.75) is 44.3 Å². The van der Waals surface area contributed by atoms with Gasteiger partial charge >= 0.3 is 4.87 Å². The lowest BCUT2D eigenvalue weighted by Gasteiger charge is -2.23. The summed E-state index contributed by atoms with van der Waals surface area (Å²) in [5.41, 5.74) is 3.75. The van der Waals surface area contributed by atoms with E-state index in [4.69, 9.17) is 0 Å². The van der Waals surface area contributed by atoms with Crippen LogP contribution in [-0.4, -0.2) is 40.8 Å². The van der Waals surface area contributed by atoms with Crippen molar-refractivity contribution >= 4 is 27.5 Å². The smallest absolute Gasteiger partial charge is 0.308 e. The number of aromatic nitrogens is 1. The molecule has 1 saturated heterocycles. The number of aliphatic hydroxyl groups excluding tert-OH is 1. The summed E-state index contributed by atoms with van der Waals surface area (Å²) in [6, 6.07) is 15.2. The first kappa shape index (κ1) is 22.2. The molecule has 2 atom stereocenters. The highest BCUT2D eigenvalue weighted by Gasteiger charge is 2.23. The zero-order chi connectivity index (χ0) is 22.5. The fourth-order valence-corrected chi connectivity index (χ4v) is 5.00. The molecule has 1 unspecified atom stereocenters. The molecule has 0 spiro atoms. The van der Waals surface area contributed by atoms with Gasteiger partial charge in [0.05, 0.1) is 35.5 Å². The Bertz CT molecular complexity index is 1190. The second-order valence-corrected chi connectivity index (χ2v) is 9.01. The van der Waals surface area contributed by atoms with E-state index in [0.29, 0.717) is 6.42 Å². The summed E-state index contributed by atoms with van der Waals surface area (Å²) in [7, 11) is 0. The van der Waals surface area contributed by atoms with Crippen LogP contribution >= 0.6 is 11.3 Å². The Hall–Kier alpha value is -2.99. The monoisotopic (exact) mass is 450 g/mol. The van der Waals surface area contributed by atoms with Crippen molar-refractivity contribution in [3.63, 3.8) is 0 Å². The lowest BCUT2D eigenvalue weighted by molar-refractivity contribution is -0.124. The van der Waals surface area contributed by atoms with Gasteiger partial charge in [0.15, 0.2) is 0 Å². The Morgan fingerprint density at radius 1 is 1.25 bits per heavy atom. The van der Waals surface area contributed by atoms with Crippen LogP contribution in [-0.2, 0) is 17.8 Å². The lowest BCUT2D eigenvalue weighted by Crippen LogP contribution is -2.49. The van der Waals surface area contributed by atoms with Crippen LogP contribution in [0, 0.1) is 11.3 Å². The number of nitriles is 1. The van der Waals surface area contributed by atoms with Crippen molar-refractivity contribution in [3.05, 3.63) is 57.7 Å². The van der Waals surface area contributed by atoms with Gasteiger partial charge in [0.1, 0.15) is 6.04 Å². The molecule has 32 heavy (non-hydrogen) atoms. The average Bonchev–Trinajstić information content (AvgIpc) is 3.14. The summed E-state index contributed by atoms with van der Waals surface area (Å²) >= 11 is 1.18. The highest BCUT2D eigenvalue weighted by atomic mass is 32.1. The van der Waals surface area contributed by atoms with E-state index >= 15 is 0 Å². The predicted octanol–water partition coefficient (Wildman–Crippen LogP) is 2.42. The molecule has 3 N–H and O–H groups in total. The first-order chi connectivity index (χ1) is 15.6. The van der Waals surface area contributed by atoms with Crippen LogP contribution in [0.25, 0.3) is 21.3 Å². The number of aliphatic hydroxyl groups is 1. The fourth-order valence-electron chi connectivity index (χ4n) is 4.10. The maximum absolute atomic E-state index is 12.4. The predicted molar refractivity (Wildman–Crippen MR) is 125 cm³/mol. The number of nitrogens with zero attached hydrogens (tertiary/aromatic N) is 2. The maximum Gasteiger partial charge on any atom is 0.308 e. The summed E-state index contributed by atoms with van der Waals surface area (Å²) in [6.07, 6.45) is 3.35. The Morgan fingerprint density at radius 3 is 2.72 bits per heavy atom. The van der Waals surface area contributed by atoms with Gasteiger partial charge in [-0.15, -0.1) is 0 Å². The first-order valence-electron chi connectivity index (χ1n) is 10.9. The summed E-state index contributed by atoms with van der Waals surface area (Å²) in [5, 5.41) is 24.8. The number of hydrogen-bond acceptors (Lipinski definition) is 6. The number of hydrogen-bond donors (Lipinski definition) is 3. The van der Waals surface area contributed by atoms with Gasteiger partial charge in [-0.1, -0.05) is 48.1 Å². The molecule has 7 nitrogen and oxygen atoms in total. The number of fused-ring (bicyclic) bond motifs is 1. The molecule has 1 aliphatic rings. The zero-order valence-corrected chi connectivity index (χ0v) is 18.5. The van der Waals surface area contributed by atoms with Crippen LogP contribution in [0.15, 0.2) is 47.3 Å². The van der Waals surface area contributed by atoms with Gasteiger partial charge < -0.3 is 15.7 Å². The largest absolute Gasteiger partial charge is 0.395 e. The second-order valence-electron chi connectivity index (χ2n) is 8.02. The van der Waals surface area contributed by atoms with E-state index in [-0.39, 0.29) is 30.0 Å². The van der Waals surface area contributed by atoms with Gasteiger partial charge in [-0.25, -0.2) is 0 Å². The van der Waals surface area contributed by atoms with Gasteiger partial charge in [0.25, 0.3) is 0 Å². The third-order valence-electron chi connectivity index (χ3n) is 5.82. The number of thiazole rings is 1. The van der Waals surface area contributed by atoms with E-state index in [2.05, 4.69) is 16.7 Å². The minimum atomic E-state index is -0.577. The second kappa shape index (κ2) is 10.1. The van der Waals surface area contributed by atoms with Crippen LogP contribution in [0.2, 0.25) is 0 Å². The molecule has 4 rings (SSSR count). The molecule has 8 heteroatoms. The third kappa shape index (κ3) is 4.91. The average molecular weight is 451 g/mol. The Kier molecular flexibility index (Phi) is 7.00. The Balaban J connectivity index is 1.46. The number of carbonyl (C=O) groups is 1. The molecule has 0 aliphatic carbocycles. The number of amides is 1. The van der Waals surface area contributed by atoms with Gasteiger partial charge in [-0.3, -0.25) is 14.2 Å². The molecule has 1 aromatic heterocycles. The lowest BCUT2D eigenvalue weighted by atomic mass is 10.00. The van der Waals surface area contributed by atoms with E-state index in [1.54, 1.807) is 4.57 Å². The minimum Gasteiger partial charge on any atom is -0.395 e. The highest BCUT2D eigenvalue weighted by molar-refractivity contribution is 7.16. The van der Waals surface area contributed by atoms with E-state index in [1.807, 2.05) is 42.5 Å². The summed E-state index contributed by atoms with van der Waals surface area (Å²) in [5.74, 6) is -0.106. The molecule has 2 heterocycles. The molecular formula is C24H26N4O3S. The Morgan fingerprint density at radius 2 is 2.03 bits per heavy atom. The van der Waals surface area contributed by atoms with Crippen molar-refractivity contribution in [2.75, 3.05) is 13.2 Å². The summed E-state index contributed by atoms with van der Waals surface area (Å²) in [4.78, 5) is 24.5. The van der Waals surface area contributed by atoms with Crippen LogP contribution < -0.4 is 15.5 Å². The molecule has 2 aromatic carbocycles. The molecule has 0 bridgehead atoms. The van der Waals surface area contributed by atoms with E-state index in [1.165, 1.54) is 11.3 Å². The van der Waals surface area contributed by atoms with Gasteiger partial charge in [-0.05, 0) is 48.2 Å². The van der Waals surface area contributed by atoms with Crippen molar-refractivity contribution in [1.29, 1.82) is 5.26 Å². The topological polar surface area (TPSA) is 107 Å². The minimum absolute atomic E-state index is 0.0745. The van der Waals surface area contributed by atoms with E-state index in [9.17, 15) is 20.0 Å². The van der Waals surface area contributed by atoms with Crippen molar-refractivity contribution in [1.82, 2.24) is 15.2 Å². The Labute approximate surface area is 190 Å². The quantitative estimate of drug-likeness (QED) is 0.512. The number of piperidine rings is 1. The van der Waals surface area contributed by atoms with E-state index < -0.39 is 6.04 Å². The van der Waals surface area contributed by atoms with Gasteiger partial charge in [0.2, 0.25) is 5.91 Å². The number of benzene rings is 2. The highest BCUT2D eigenvalue weighted by Crippen LogP contribution is 2.26. The van der Waals surface area contributed by atoms with Crippen molar-refractivity contribution in [3.8, 4) is 17.2 Å². The normalized spacial score (nSPS) is 17.1. The number of carbonyl (C=O) groups excluding carboxylic acids is 1. The van der Waals surface area contributed by atoms with Gasteiger partial charge in [0, 0.05) is 6.42 Å². The van der Waals surface area contributed by atoms with E-state index in [0.717, 1.165) is 52.7 Å². The first-order valence-corrected chi connectivity index (χ1v) is 11.7. The van der Waals surface area contributed by atoms with Crippen molar-refractivity contribution < 1.29 is 9.90 Å². The van der Waals surface area contributed by atoms with Gasteiger partial charge in [-0.2, -0.15) is 5.26 Å². The number of nitrogens with one attached hydrogen (secondary N) is 2. The molecule has 3 aromatic rings. The zero-order valence-electron chi connectivity index (χ0n) is 17.7. The molecule has 0 saturated carbocycles. The third-order valence-corrected chi connectivity index (χ3v) is 6.78. The van der Waals surface area contributed by atoms with Crippen molar-refractivity contribution in [2.24, 2.45) is 0 Å². The van der Waals surface area contributed by atoms with Crippen LogP contribution in [0.5, 0.6) is 0 Å². The molecule has 1 fully saturated rings. The molecule has 0 radical (unpaired) electrons. The molecule has 1 amide bonds. The maximum atomic E-state index is 12.4. The molecule has 1 aliphatic heterocycles. The molecular weight excluding hydrogens is 424 g/mol. The SMILES string of the molecule is N#C[C@H](Cc1ccc(-c2ccc3sc(=O)n(CCO)c3c2)cc1)NC(=O)C1CCCCN1. The van der Waals surface area contributed by atoms with Crippen LogP contribution in [0.3, 0.4) is 0 Å².